The summed E-state index contributed by atoms with van der Waals surface area (Å²) >= 11 is 0. The molecule has 0 aliphatic carbocycles. The second kappa shape index (κ2) is 8.23. The van der Waals surface area contributed by atoms with Crippen molar-refractivity contribution in [2.45, 2.75) is 17.7 Å². The Balaban J connectivity index is 1.88. The molecule has 4 rings (SSSR count). The molecule has 7 nitrogen and oxygen atoms in total. The lowest BCUT2D eigenvalue weighted by Crippen LogP contribution is -2.15. The smallest absolute Gasteiger partial charge is 0.352 e. The van der Waals surface area contributed by atoms with Crippen molar-refractivity contribution in [3.05, 3.63) is 78.6 Å². The number of carbonyl (C=O) groups is 1. The van der Waals surface area contributed by atoms with E-state index in [1.165, 1.54) is 22.8 Å². The summed E-state index contributed by atoms with van der Waals surface area (Å²) in [5.74, 6) is -1.04. The van der Waals surface area contributed by atoms with E-state index in [-0.39, 0.29) is 10.6 Å². The van der Waals surface area contributed by atoms with Crippen LogP contribution in [0.4, 0.5) is 0 Å². The summed E-state index contributed by atoms with van der Waals surface area (Å²) in [7, 11) is -3.76. The second-order valence-electron chi connectivity index (χ2n) is 6.87. The number of carboxylic acids is 1. The Morgan fingerprint density at radius 2 is 1.84 bits per heavy atom. The first-order valence-corrected chi connectivity index (χ1v) is 11.3. The Hall–Kier alpha value is -3.65. The fraction of sp³-hybridized carbons (Fsp3) is 0.130. The molecular weight excluding hydrogens is 416 g/mol. The molecule has 0 aliphatic heterocycles. The third-order valence-electron chi connectivity index (χ3n) is 4.87. The molecule has 0 aliphatic rings. The number of carboxylic acid groups (broad SMARTS) is 1. The van der Waals surface area contributed by atoms with E-state index < -0.39 is 21.7 Å². The highest BCUT2D eigenvalue weighted by atomic mass is 32.2. The topological polar surface area (TPSA) is 98.5 Å². The van der Waals surface area contributed by atoms with E-state index in [1.54, 1.807) is 30.5 Å². The highest BCUT2D eigenvalue weighted by Crippen LogP contribution is 2.32. The maximum absolute atomic E-state index is 12.9. The van der Waals surface area contributed by atoms with Crippen molar-refractivity contribution < 1.29 is 23.1 Å². The van der Waals surface area contributed by atoms with Crippen LogP contribution in [0.3, 0.4) is 0 Å². The molecule has 0 bridgehead atoms. The van der Waals surface area contributed by atoms with Gasteiger partial charge in [0.25, 0.3) is 0 Å². The Labute approximate surface area is 179 Å². The third-order valence-corrected chi connectivity index (χ3v) is 6.46. The molecule has 31 heavy (non-hydrogen) atoms. The molecule has 0 fully saturated rings. The molecule has 0 radical (unpaired) electrons. The zero-order valence-corrected chi connectivity index (χ0v) is 17.5. The summed E-state index contributed by atoms with van der Waals surface area (Å²) in [6.07, 6.45) is 1.54. The van der Waals surface area contributed by atoms with Gasteiger partial charge in [-0.2, -0.15) is 0 Å². The molecule has 8 heteroatoms. The van der Waals surface area contributed by atoms with Crippen LogP contribution >= 0.6 is 0 Å². The van der Waals surface area contributed by atoms with Gasteiger partial charge in [-0.15, -0.1) is 0 Å². The lowest BCUT2D eigenvalue weighted by Gasteiger charge is -2.10. The molecule has 2 heterocycles. The van der Waals surface area contributed by atoms with E-state index in [2.05, 4.69) is 4.98 Å². The Morgan fingerprint density at radius 3 is 2.55 bits per heavy atom. The quantitative estimate of drug-likeness (QED) is 0.465. The van der Waals surface area contributed by atoms with Gasteiger partial charge in [-0.05, 0) is 43.3 Å². The van der Waals surface area contributed by atoms with Crippen LogP contribution in [0, 0.1) is 0 Å². The van der Waals surface area contributed by atoms with Crippen molar-refractivity contribution in [2.24, 2.45) is 0 Å². The Bertz CT molecular complexity index is 1360. The van der Waals surface area contributed by atoms with Gasteiger partial charge in [0, 0.05) is 17.1 Å². The molecule has 2 aromatic carbocycles. The molecule has 0 amide bonds. The standard InChI is InChI=1S/C23H20N2O5S/c1-2-30-17-8-6-7-16(13-17)22-19-14-21(23(26)27)25(20(19)11-12-24-22)15-31(28,29)18-9-4-3-5-10-18/h3-14H,2,15H2,1H3,(H,26,27). The van der Waals surface area contributed by atoms with Gasteiger partial charge < -0.3 is 14.4 Å². The molecule has 2 aromatic heterocycles. The monoisotopic (exact) mass is 436 g/mol. The summed E-state index contributed by atoms with van der Waals surface area (Å²) < 4.78 is 32.7. The van der Waals surface area contributed by atoms with Crippen LogP contribution in [0.25, 0.3) is 22.2 Å². The largest absolute Gasteiger partial charge is 0.494 e. The van der Waals surface area contributed by atoms with Gasteiger partial charge in [-0.1, -0.05) is 30.3 Å². The number of hydrogen-bond acceptors (Lipinski definition) is 5. The van der Waals surface area contributed by atoms with E-state index >= 15 is 0 Å². The number of fused-ring (bicyclic) bond motifs is 1. The first kappa shape index (κ1) is 20.6. The van der Waals surface area contributed by atoms with Crippen LogP contribution in [-0.4, -0.2) is 35.7 Å². The van der Waals surface area contributed by atoms with Crippen LogP contribution in [0.1, 0.15) is 17.4 Å². The first-order valence-electron chi connectivity index (χ1n) is 9.63. The number of sulfone groups is 1. The molecule has 0 saturated heterocycles. The summed E-state index contributed by atoms with van der Waals surface area (Å²) in [5.41, 5.74) is 1.66. The number of pyridine rings is 1. The molecular formula is C23H20N2O5S. The van der Waals surface area contributed by atoms with Crippen molar-refractivity contribution in [2.75, 3.05) is 6.61 Å². The summed E-state index contributed by atoms with van der Waals surface area (Å²) in [6, 6.07) is 18.4. The fourth-order valence-corrected chi connectivity index (χ4v) is 4.84. The maximum Gasteiger partial charge on any atom is 0.352 e. The predicted octanol–water partition coefficient (Wildman–Crippen LogP) is 4.23. The third kappa shape index (κ3) is 4.02. The minimum atomic E-state index is -3.76. The van der Waals surface area contributed by atoms with Crippen molar-refractivity contribution in [3.8, 4) is 17.0 Å². The number of aromatic nitrogens is 2. The van der Waals surface area contributed by atoms with E-state index in [4.69, 9.17) is 4.74 Å². The summed E-state index contributed by atoms with van der Waals surface area (Å²) in [4.78, 5) is 16.5. The van der Waals surface area contributed by atoms with Crippen LogP contribution in [0.5, 0.6) is 5.75 Å². The lowest BCUT2D eigenvalue weighted by atomic mass is 10.1. The molecule has 4 aromatic rings. The zero-order valence-electron chi connectivity index (χ0n) is 16.7. The average Bonchev–Trinajstić information content (AvgIpc) is 3.13. The van der Waals surface area contributed by atoms with Gasteiger partial charge in [0.15, 0.2) is 9.84 Å². The number of aromatic carboxylic acids is 1. The van der Waals surface area contributed by atoms with E-state index in [0.29, 0.717) is 29.0 Å². The molecule has 0 atom stereocenters. The molecule has 1 N–H and O–H groups in total. The number of hydrogen-bond donors (Lipinski definition) is 1. The second-order valence-corrected chi connectivity index (χ2v) is 8.83. The van der Waals surface area contributed by atoms with Gasteiger partial charge in [0.05, 0.1) is 22.7 Å². The molecule has 0 saturated carbocycles. The minimum Gasteiger partial charge on any atom is -0.494 e. The van der Waals surface area contributed by atoms with Crippen molar-refractivity contribution in [1.29, 1.82) is 0 Å². The van der Waals surface area contributed by atoms with Crippen molar-refractivity contribution in [3.63, 3.8) is 0 Å². The lowest BCUT2D eigenvalue weighted by molar-refractivity contribution is 0.0687. The van der Waals surface area contributed by atoms with Crippen molar-refractivity contribution in [1.82, 2.24) is 9.55 Å². The summed E-state index contributed by atoms with van der Waals surface area (Å²) in [5, 5.41) is 10.3. The normalized spacial score (nSPS) is 11.5. The van der Waals surface area contributed by atoms with Gasteiger partial charge in [-0.25, -0.2) is 13.2 Å². The number of nitrogens with zero attached hydrogens (tertiary/aromatic N) is 2. The highest BCUT2D eigenvalue weighted by Gasteiger charge is 2.23. The summed E-state index contributed by atoms with van der Waals surface area (Å²) in [6.45, 7) is 2.40. The molecule has 158 valence electrons. The Morgan fingerprint density at radius 1 is 1.06 bits per heavy atom. The van der Waals surface area contributed by atoms with Gasteiger partial charge in [0.1, 0.15) is 17.3 Å². The zero-order chi connectivity index (χ0) is 22.0. The van der Waals surface area contributed by atoms with Crippen LogP contribution < -0.4 is 4.74 Å². The van der Waals surface area contributed by atoms with Gasteiger partial charge in [-0.3, -0.25) is 4.98 Å². The minimum absolute atomic E-state index is 0.121. The Kier molecular flexibility index (Phi) is 5.48. The number of benzene rings is 2. The first-order chi connectivity index (χ1) is 14.9. The predicted molar refractivity (Wildman–Crippen MR) is 117 cm³/mol. The maximum atomic E-state index is 12.9. The SMILES string of the molecule is CCOc1cccc(-c2nccc3c2cc(C(=O)O)n3CS(=O)(=O)c2ccccc2)c1. The van der Waals surface area contributed by atoms with Crippen molar-refractivity contribution >= 4 is 26.7 Å². The fourth-order valence-electron chi connectivity index (χ4n) is 3.50. The van der Waals surface area contributed by atoms with E-state index in [1.807, 2.05) is 31.2 Å². The van der Waals surface area contributed by atoms with Crippen LogP contribution in [0.2, 0.25) is 0 Å². The molecule has 0 spiro atoms. The van der Waals surface area contributed by atoms with Gasteiger partial charge >= 0.3 is 5.97 Å². The van der Waals surface area contributed by atoms with Crippen LogP contribution in [-0.2, 0) is 15.7 Å². The van der Waals surface area contributed by atoms with Gasteiger partial charge in [0.2, 0.25) is 0 Å². The highest BCUT2D eigenvalue weighted by molar-refractivity contribution is 7.90. The average molecular weight is 436 g/mol. The molecule has 0 unspecified atom stereocenters. The van der Waals surface area contributed by atoms with E-state index in [9.17, 15) is 18.3 Å². The van der Waals surface area contributed by atoms with E-state index in [0.717, 1.165) is 5.56 Å². The number of ether oxygens (including phenoxy) is 1. The number of rotatable bonds is 7. The van der Waals surface area contributed by atoms with Crippen LogP contribution in [0.15, 0.2) is 77.8 Å².